The van der Waals surface area contributed by atoms with Gasteiger partial charge < -0.3 is 14.6 Å². The van der Waals surface area contributed by atoms with Gasteiger partial charge in [0.25, 0.3) is 0 Å². The van der Waals surface area contributed by atoms with Gasteiger partial charge in [0.2, 0.25) is 0 Å². The topological polar surface area (TPSA) is 89.9 Å². The standard InChI is InChI=1S/C10H16O6/c1-3-15-9(13)7(5-6-8(11)12)10(14)16-4-2/h7H,3-6H2,1-2H3,(H,11,12). The number of rotatable bonds is 7. The highest BCUT2D eigenvalue weighted by Crippen LogP contribution is 2.11. The van der Waals surface area contributed by atoms with Crippen LogP contribution in [0.3, 0.4) is 0 Å². The molecule has 0 fully saturated rings. The van der Waals surface area contributed by atoms with Crippen LogP contribution in [0.15, 0.2) is 0 Å². The Bertz CT molecular complexity index is 242. The van der Waals surface area contributed by atoms with E-state index in [-0.39, 0.29) is 26.1 Å². The molecule has 92 valence electrons. The summed E-state index contributed by atoms with van der Waals surface area (Å²) in [5.74, 6) is -3.68. The molecule has 0 aliphatic heterocycles. The van der Waals surface area contributed by atoms with Crippen molar-refractivity contribution in [3.8, 4) is 0 Å². The van der Waals surface area contributed by atoms with Gasteiger partial charge in [-0.1, -0.05) is 0 Å². The number of carboxylic acids is 1. The molecule has 0 saturated carbocycles. The van der Waals surface area contributed by atoms with Crippen LogP contribution in [-0.2, 0) is 23.9 Å². The van der Waals surface area contributed by atoms with E-state index in [4.69, 9.17) is 5.11 Å². The molecule has 6 heteroatoms. The van der Waals surface area contributed by atoms with E-state index < -0.39 is 23.8 Å². The van der Waals surface area contributed by atoms with Crippen LogP contribution >= 0.6 is 0 Å². The third-order valence-electron chi connectivity index (χ3n) is 1.79. The van der Waals surface area contributed by atoms with Crippen LogP contribution in [0.2, 0.25) is 0 Å². The zero-order chi connectivity index (χ0) is 12.6. The molecule has 0 aromatic rings. The number of hydrogen-bond donors (Lipinski definition) is 1. The minimum atomic E-state index is -1.14. The van der Waals surface area contributed by atoms with Gasteiger partial charge in [-0.15, -0.1) is 0 Å². The van der Waals surface area contributed by atoms with E-state index in [1.165, 1.54) is 0 Å². The van der Waals surface area contributed by atoms with Gasteiger partial charge in [0.1, 0.15) is 0 Å². The van der Waals surface area contributed by atoms with Crippen molar-refractivity contribution >= 4 is 17.9 Å². The molecule has 6 nitrogen and oxygen atoms in total. The van der Waals surface area contributed by atoms with E-state index in [0.717, 1.165) is 0 Å². The van der Waals surface area contributed by atoms with Crippen LogP contribution in [0.5, 0.6) is 0 Å². The maximum Gasteiger partial charge on any atom is 0.320 e. The summed E-state index contributed by atoms with van der Waals surface area (Å²) in [6.07, 6.45) is -0.380. The Labute approximate surface area is 93.5 Å². The zero-order valence-corrected chi connectivity index (χ0v) is 9.39. The van der Waals surface area contributed by atoms with Crippen LogP contribution in [0.4, 0.5) is 0 Å². The molecule has 0 bridgehead atoms. The fraction of sp³-hybridized carbons (Fsp3) is 0.700. The van der Waals surface area contributed by atoms with Crippen LogP contribution in [0.1, 0.15) is 26.7 Å². The third-order valence-corrected chi connectivity index (χ3v) is 1.79. The van der Waals surface area contributed by atoms with E-state index in [0.29, 0.717) is 0 Å². The van der Waals surface area contributed by atoms with Gasteiger partial charge in [0.05, 0.1) is 13.2 Å². The van der Waals surface area contributed by atoms with Crippen molar-refractivity contribution in [1.82, 2.24) is 0 Å². The Kier molecular flexibility index (Phi) is 6.91. The second-order valence-electron chi connectivity index (χ2n) is 2.99. The predicted octanol–water partition coefficient (Wildman–Crippen LogP) is 0.594. The Morgan fingerprint density at radius 3 is 1.81 bits per heavy atom. The predicted molar refractivity (Wildman–Crippen MR) is 53.6 cm³/mol. The van der Waals surface area contributed by atoms with Crippen molar-refractivity contribution < 1.29 is 29.0 Å². The molecule has 0 amide bonds. The molecule has 0 aromatic heterocycles. The van der Waals surface area contributed by atoms with Gasteiger partial charge in [-0.3, -0.25) is 14.4 Å². The summed E-state index contributed by atoms with van der Waals surface area (Å²) in [4.78, 5) is 33.1. The highest BCUT2D eigenvalue weighted by molar-refractivity contribution is 5.95. The van der Waals surface area contributed by atoms with E-state index in [2.05, 4.69) is 9.47 Å². The van der Waals surface area contributed by atoms with Crippen molar-refractivity contribution in [3.05, 3.63) is 0 Å². The molecule has 0 aliphatic rings. The maximum absolute atomic E-state index is 11.4. The lowest BCUT2D eigenvalue weighted by Crippen LogP contribution is -2.28. The smallest absolute Gasteiger partial charge is 0.320 e. The lowest BCUT2D eigenvalue weighted by molar-refractivity contribution is -0.162. The Morgan fingerprint density at radius 1 is 1.06 bits per heavy atom. The van der Waals surface area contributed by atoms with Crippen molar-refractivity contribution in [2.45, 2.75) is 26.7 Å². The zero-order valence-electron chi connectivity index (χ0n) is 9.39. The number of carboxylic acid groups (broad SMARTS) is 1. The first-order valence-corrected chi connectivity index (χ1v) is 5.07. The van der Waals surface area contributed by atoms with Crippen molar-refractivity contribution in [2.24, 2.45) is 5.92 Å². The molecule has 0 rings (SSSR count). The van der Waals surface area contributed by atoms with Crippen LogP contribution in [0.25, 0.3) is 0 Å². The van der Waals surface area contributed by atoms with Crippen LogP contribution in [-0.4, -0.2) is 36.2 Å². The Morgan fingerprint density at radius 2 is 1.50 bits per heavy atom. The van der Waals surface area contributed by atoms with Crippen molar-refractivity contribution in [1.29, 1.82) is 0 Å². The molecule has 0 spiro atoms. The average Bonchev–Trinajstić information content (AvgIpc) is 2.18. The number of ether oxygens (including phenoxy) is 2. The molecule has 0 unspecified atom stereocenters. The molecule has 0 radical (unpaired) electrons. The second kappa shape index (κ2) is 7.67. The Balaban J connectivity index is 4.42. The fourth-order valence-corrected chi connectivity index (χ4v) is 1.09. The van der Waals surface area contributed by atoms with Crippen LogP contribution in [0, 0.1) is 5.92 Å². The summed E-state index contributed by atoms with van der Waals surface area (Å²) < 4.78 is 9.34. The largest absolute Gasteiger partial charge is 0.481 e. The summed E-state index contributed by atoms with van der Waals surface area (Å²) in [6, 6.07) is 0. The maximum atomic E-state index is 11.4. The molecule has 16 heavy (non-hydrogen) atoms. The molecule has 0 heterocycles. The van der Waals surface area contributed by atoms with E-state index >= 15 is 0 Å². The Hall–Kier alpha value is -1.59. The molecule has 0 atom stereocenters. The number of carbonyl (C=O) groups is 3. The lowest BCUT2D eigenvalue weighted by atomic mass is 10.0. The second-order valence-corrected chi connectivity index (χ2v) is 2.99. The van der Waals surface area contributed by atoms with Gasteiger partial charge in [-0.2, -0.15) is 0 Å². The molecule has 0 saturated heterocycles. The number of aliphatic carboxylic acids is 1. The summed E-state index contributed by atoms with van der Waals surface area (Å²) >= 11 is 0. The van der Waals surface area contributed by atoms with E-state index in [9.17, 15) is 14.4 Å². The monoisotopic (exact) mass is 232 g/mol. The lowest BCUT2D eigenvalue weighted by Gasteiger charge is -2.12. The van der Waals surface area contributed by atoms with Crippen LogP contribution < -0.4 is 0 Å². The van der Waals surface area contributed by atoms with Gasteiger partial charge in [0.15, 0.2) is 5.92 Å². The average molecular weight is 232 g/mol. The number of carbonyl (C=O) groups excluding carboxylic acids is 2. The summed E-state index contributed by atoms with van der Waals surface area (Å²) in [6.45, 7) is 3.50. The number of hydrogen-bond acceptors (Lipinski definition) is 5. The SMILES string of the molecule is CCOC(=O)C(CCC(=O)O)C(=O)OCC. The molecular formula is C10H16O6. The minimum absolute atomic E-state index is 0.104. The summed E-state index contributed by atoms with van der Waals surface area (Å²) in [7, 11) is 0. The molecular weight excluding hydrogens is 216 g/mol. The first-order chi connectivity index (χ1) is 7.52. The molecule has 1 N–H and O–H groups in total. The first-order valence-electron chi connectivity index (χ1n) is 5.07. The molecule has 0 aliphatic carbocycles. The van der Waals surface area contributed by atoms with Crippen molar-refractivity contribution in [3.63, 3.8) is 0 Å². The fourth-order valence-electron chi connectivity index (χ4n) is 1.09. The van der Waals surface area contributed by atoms with Gasteiger partial charge in [-0.25, -0.2) is 0 Å². The third kappa shape index (κ3) is 5.33. The highest BCUT2D eigenvalue weighted by atomic mass is 16.6. The normalized spacial score (nSPS) is 9.94. The first kappa shape index (κ1) is 14.4. The molecule has 0 aromatic carbocycles. The van der Waals surface area contributed by atoms with Gasteiger partial charge >= 0.3 is 17.9 Å². The highest BCUT2D eigenvalue weighted by Gasteiger charge is 2.29. The van der Waals surface area contributed by atoms with Crippen molar-refractivity contribution in [2.75, 3.05) is 13.2 Å². The summed E-state index contributed by atoms with van der Waals surface area (Å²) in [5.41, 5.74) is 0. The number of esters is 2. The summed E-state index contributed by atoms with van der Waals surface area (Å²) in [5, 5.41) is 8.48. The van der Waals surface area contributed by atoms with E-state index in [1.54, 1.807) is 13.8 Å². The van der Waals surface area contributed by atoms with Gasteiger partial charge in [0, 0.05) is 6.42 Å². The van der Waals surface area contributed by atoms with Gasteiger partial charge in [-0.05, 0) is 20.3 Å². The minimum Gasteiger partial charge on any atom is -0.481 e. The quantitative estimate of drug-likeness (QED) is 0.510. The van der Waals surface area contributed by atoms with E-state index in [1.807, 2.05) is 0 Å².